The summed E-state index contributed by atoms with van der Waals surface area (Å²) in [6.07, 6.45) is 1.79. The molecule has 0 spiro atoms. The van der Waals surface area contributed by atoms with E-state index in [9.17, 15) is 0 Å². The molecule has 0 saturated carbocycles. The summed E-state index contributed by atoms with van der Waals surface area (Å²) in [6.45, 7) is 4.19. The SMILES string of the molecule is CCC(N)Cc1oc2ccc(Br)cc2c1C. The Labute approximate surface area is 104 Å². The van der Waals surface area contributed by atoms with Crippen LogP contribution in [-0.2, 0) is 6.42 Å². The predicted molar refractivity (Wildman–Crippen MR) is 70.6 cm³/mol. The van der Waals surface area contributed by atoms with Gasteiger partial charge in [0.2, 0.25) is 0 Å². The van der Waals surface area contributed by atoms with Gasteiger partial charge in [0.1, 0.15) is 11.3 Å². The van der Waals surface area contributed by atoms with Crippen LogP contribution >= 0.6 is 15.9 Å². The Morgan fingerprint density at radius 2 is 2.19 bits per heavy atom. The second-order valence-electron chi connectivity index (χ2n) is 4.16. The zero-order valence-electron chi connectivity index (χ0n) is 9.59. The lowest BCUT2D eigenvalue weighted by Gasteiger charge is -2.05. The molecule has 2 aromatic rings. The zero-order valence-corrected chi connectivity index (χ0v) is 11.2. The molecule has 0 aliphatic rings. The van der Waals surface area contributed by atoms with Crippen molar-refractivity contribution in [3.05, 3.63) is 34.0 Å². The van der Waals surface area contributed by atoms with Crippen LogP contribution in [0.25, 0.3) is 11.0 Å². The lowest BCUT2D eigenvalue weighted by atomic mass is 10.1. The van der Waals surface area contributed by atoms with E-state index in [1.165, 1.54) is 10.9 Å². The molecule has 0 radical (unpaired) electrons. The van der Waals surface area contributed by atoms with Crippen molar-refractivity contribution in [1.29, 1.82) is 0 Å². The van der Waals surface area contributed by atoms with Gasteiger partial charge < -0.3 is 10.2 Å². The van der Waals surface area contributed by atoms with Gasteiger partial charge >= 0.3 is 0 Å². The van der Waals surface area contributed by atoms with E-state index in [0.717, 1.165) is 28.7 Å². The van der Waals surface area contributed by atoms with Crippen molar-refractivity contribution in [3.63, 3.8) is 0 Å². The highest BCUT2D eigenvalue weighted by Crippen LogP contribution is 2.28. The van der Waals surface area contributed by atoms with Crippen molar-refractivity contribution in [1.82, 2.24) is 0 Å². The fraction of sp³-hybridized carbons (Fsp3) is 0.385. The fourth-order valence-corrected chi connectivity index (χ4v) is 2.18. The normalized spacial score (nSPS) is 13.2. The van der Waals surface area contributed by atoms with Gasteiger partial charge in [-0.2, -0.15) is 0 Å². The van der Waals surface area contributed by atoms with Crippen molar-refractivity contribution in [2.45, 2.75) is 32.7 Å². The lowest BCUT2D eigenvalue weighted by Crippen LogP contribution is -2.21. The van der Waals surface area contributed by atoms with Crippen LogP contribution in [0.1, 0.15) is 24.7 Å². The second-order valence-corrected chi connectivity index (χ2v) is 5.08. The Hall–Kier alpha value is -0.800. The third kappa shape index (κ3) is 2.15. The van der Waals surface area contributed by atoms with Gasteiger partial charge in [-0.05, 0) is 37.1 Å². The molecule has 0 amide bonds. The van der Waals surface area contributed by atoms with E-state index >= 15 is 0 Å². The summed E-state index contributed by atoms with van der Waals surface area (Å²) in [5.74, 6) is 1.02. The standard InChI is InChI=1S/C13H16BrNO/c1-3-10(15)7-13-8(2)11-6-9(14)4-5-12(11)16-13/h4-6,10H,3,7,15H2,1-2H3. The highest BCUT2D eigenvalue weighted by molar-refractivity contribution is 9.10. The lowest BCUT2D eigenvalue weighted by molar-refractivity contribution is 0.505. The van der Waals surface area contributed by atoms with Crippen molar-refractivity contribution < 1.29 is 4.42 Å². The monoisotopic (exact) mass is 281 g/mol. The summed E-state index contributed by atoms with van der Waals surface area (Å²) in [4.78, 5) is 0. The highest BCUT2D eigenvalue weighted by Gasteiger charge is 2.12. The van der Waals surface area contributed by atoms with E-state index in [1.807, 2.05) is 12.1 Å². The molecule has 2 nitrogen and oxygen atoms in total. The molecular weight excluding hydrogens is 266 g/mol. The van der Waals surface area contributed by atoms with Crippen LogP contribution < -0.4 is 5.73 Å². The topological polar surface area (TPSA) is 39.2 Å². The van der Waals surface area contributed by atoms with Crippen molar-refractivity contribution in [2.75, 3.05) is 0 Å². The average molecular weight is 282 g/mol. The van der Waals surface area contributed by atoms with E-state index in [0.29, 0.717) is 0 Å². The first-order valence-corrected chi connectivity index (χ1v) is 6.34. The molecule has 1 aromatic carbocycles. The zero-order chi connectivity index (χ0) is 11.7. The van der Waals surface area contributed by atoms with Crippen LogP contribution in [-0.4, -0.2) is 6.04 Å². The predicted octanol–water partition coefficient (Wildman–Crippen LogP) is 3.78. The molecular formula is C13H16BrNO. The van der Waals surface area contributed by atoms with Gasteiger partial charge in [0.05, 0.1) is 0 Å². The summed E-state index contributed by atoms with van der Waals surface area (Å²) >= 11 is 3.47. The van der Waals surface area contributed by atoms with Gasteiger partial charge in [0, 0.05) is 22.3 Å². The average Bonchev–Trinajstić information content (AvgIpc) is 2.56. The van der Waals surface area contributed by atoms with Crippen LogP contribution in [0.4, 0.5) is 0 Å². The van der Waals surface area contributed by atoms with E-state index in [4.69, 9.17) is 10.2 Å². The molecule has 0 bridgehead atoms. The molecule has 1 atom stereocenters. The van der Waals surface area contributed by atoms with E-state index in [-0.39, 0.29) is 6.04 Å². The molecule has 2 N–H and O–H groups in total. The number of rotatable bonds is 3. The van der Waals surface area contributed by atoms with E-state index in [2.05, 4.69) is 35.8 Å². The smallest absolute Gasteiger partial charge is 0.134 e. The molecule has 86 valence electrons. The molecule has 0 aliphatic carbocycles. The van der Waals surface area contributed by atoms with Gasteiger partial charge in [-0.1, -0.05) is 22.9 Å². The third-order valence-electron chi connectivity index (χ3n) is 2.97. The number of hydrogen-bond donors (Lipinski definition) is 1. The van der Waals surface area contributed by atoms with Crippen molar-refractivity contribution >= 4 is 26.9 Å². The second kappa shape index (κ2) is 4.60. The summed E-state index contributed by atoms with van der Waals surface area (Å²) in [5, 5.41) is 1.17. The number of benzene rings is 1. The Kier molecular flexibility index (Phi) is 3.36. The van der Waals surface area contributed by atoms with Crippen LogP contribution in [0.15, 0.2) is 27.1 Å². The minimum absolute atomic E-state index is 0.183. The Balaban J connectivity index is 2.44. The number of furan rings is 1. The number of fused-ring (bicyclic) bond motifs is 1. The number of nitrogens with two attached hydrogens (primary N) is 1. The Morgan fingerprint density at radius 3 is 2.88 bits per heavy atom. The molecule has 0 fully saturated rings. The number of halogens is 1. The first-order valence-electron chi connectivity index (χ1n) is 5.55. The van der Waals surface area contributed by atoms with Crippen LogP contribution in [0.2, 0.25) is 0 Å². The molecule has 1 aromatic heterocycles. The van der Waals surface area contributed by atoms with Crippen molar-refractivity contribution in [2.24, 2.45) is 5.73 Å². The van der Waals surface area contributed by atoms with E-state index < -0.39 is 0 Å². The highest BCUT2D eigenvalue weighted by atomic mass is 79.9. The largest absolute Gasteiger partial charge is 0.461 e. The number of hydrogen-bond acceptors (Lipinski definition) is 2. The third-order valence-corrected chi connectivity index (χ3v) is 3.46. The molecule has 2 rings (SSSR count). The molecule has 1 heterocycles. The molecule has 0 saturated heterocycles. The molecule has 3 heteroatoms. The minimum atomic E-state index is 0.183. The van der Waals surface area contributed by atoms with Crippen LogP contribution in [0.5, 0.6) is 0 Å². The summed E-state index contributed by atoms with van der Waals surface area (Å²) in [5.41, 5.74) is 8.11. The Bertz CT molecular complexity index is 504. The molecule has 1 unspecified atom stereocenters. The molecule has 0 aliphatic heterocycles. The first kappa shape index (κ1) is 11.7. The maximum absolute atomic E-state index is 5.96. The number of aryl methyl sites for hydroxylation is 1. The van der Waals surface area contributed by atoms with Gasteiger partial charge in [-0.25, -0.2) is 0 Å². The van der Waals surface area contributed by atoms with Crippen molar-refractivity contribution in [3.8, 4) is 0 Å². The maximum atomic E-state index is 5.96. The quantitative estimate of drug-likeness (QED) is 0.930. The first-order chi connectivity index (χ1) is 7.61. The van der Waals surface area contributed by atoms with Crippen LogP contribution in [0.3, 0.4) is 0 Å². The van der Waals surface area contributed by atoms with Crippen LogP contribution in [0, 0.1) is 6.92 Å². The summed E-state index contributed by atoms with van der Waals surface area (Å²) in [6, 6.07) is 6.26. The van der Waals surface area contributed by atoms with Gasteiger partial charge in [0.15, 0.2) is 0 Å². The Morgan fingerprint density at radius 1 is 1.44 bits per heavy atom. The summed E-state index contributed by atoms with van der Waals surface area (Å²) in [7, 11) is 0. The summed E-state index contributed by atoms with van der Waals surface area (Å²) < 4.78 is 6.90. The minimum Gasteiger partial charge on any atom is -0.461 e. The maximum Gasteiger partial charge on any atom is 0.134 e. The van der Waals surface area contributed by atoms with Gasteiger partial charge in [0.25, 0.3) is 0 Å². The molecule has 16 heavy (non-hydrogen) atoms. The fourth-order valence-electron chi connectivity index (χ4n) is 1.82. The van der Waals surface area contributed by atoms with E-state index in [1.54, 1.807) is 0 Å². The van der Waals surface area contributed by atoms with Gasteiger partial charge in [-0.3, -0.25) is 0 Å². The van der Waals surface area contributed by atoms with Gasteiger partial charge in [-0.15, -0.1) is 0 Å².